The highest BCUT2D eigenvalue weighted by Gasteiger charge is 2.15. The van der Waals surface area contributed by atoms with Gasteiger partial charge in [0.1, 0.15) is 5.75 Å². The Kier molecular flexibility index (Phi) is 3.52. The van der Waals surface area contributed by atoms with Crippen molar-refractivity contribution in [3.8, 4) is 11.6 Å². The summed E-state index contributed by atoms with van der Waals surface area (Å²) in [6.07, 6.45) is 0. The van der Waals surface area contributed by atoms with Crippen molar-refractivity contribution in [2.45, 2.75) is 12.8 Å². The third-order valence-electron chi connectivity index (χ3n) is 2.53. The number of hydrogen-bond acceptors (Lipinski definition) is 2. The SMILES string of the molecule is Cc1nn(C)c(Oc2ccc(F)c(F)c2)c1CCl. The predicted octanol–water partition coefficient (Wildman–Crippen LogP) is 3.54. The van der Waals surface area contributed by atoms with Gasteiger partial charge in [-0.25, -0.2) is 13.5 Å². The zero-order valence-electron chi connectivity index (χ0n) is 9.88. The predicted molar refractivity (Wildman–Crippen MR) is 63.9 cm³/mol. The molecular formula is C12H11ClF2N2O. The molecule has 0 unspecified atom stereocenters. The Morgan fingerprint density at radius 2 is 2.06 bits per heavy atom. The smallest absolute Gasteiger partial charge is 0.222 e. The van der Waals surface area contributed by atoms with Crippen LogP contribution in [-0.2, 0) is 12.9 Å². The zero-order valence-corrected chi connectivity index (χ0v) is 10.6. The molecule has 0 aliphatic rings. The molecule has 1 aromatic carbocycles. The summed E-state index contributed by atoms with van der Waals surface area (Å²) in [7, 11) is 1.69. The topological polar surface area (TPSA) is 27.1 Å². The Hall–Kier alpha value is -1.62. The molecule has 1 heterocycles. The maximum atomic E-state index is 13.1. The summed E-state index contributed by atoms with van der Waals surface area (Å²) in [5.41, 5.74) is 1.47. The highest BCUT2D eigenvalue weighted by atomic mass is 35.5. The second-order valence-corrected chi connectivity index (χ2v) is 4.07. The van der Waals surface area contributed by atoms with E-state index in [-0.39, 0.29) is 11.6 Å². The van der Waals surface area contributed by atoms with Gasteiger partial charge in [-0.05, 0) is 19.1 Å². The minimum Gasteiger partial charge on any atom is -0.439 e. The lowest BCUT2D eigenvalue weighted by Gasteiger charge is -2.07. The third kappa shape index (κ3) is 2.31. The van der Waals surface area contributed by atoms with Crippen LogP contribution in [0.15, 0.2) is 18.2 Å². The maximum Gasteiger partial charge on any atom is 0.222 e. The zero-order chi connectivity index (χ0) is 13.3. The van der Waals surface area contributed by atoms with Gasteiger partial charge in [-0.15, -0.1) is 11.6 Å². The van der Waals surface area contributed by atoms with Crippen molar-refractivity contribution in [2.75, 3.05) is 0 Å². The fraction of sp³-hybridized carbons (Fsp3) is 0.250. The Morgan fingerprint density at radius 1 is 1.33 bits per heavy atom. The van der Waals surface area contributed by atoms with E-state index in [1.807, 2.05) is 0 Å². The molecule has 0 atom stereocenters. The summed E-state index contributed by atoms with van der Waals surface area (Å²) in [6, 6.07) is 3.34. The fourth-order valence-electron chi connectivity index (χ4n) is 1.61. The summed E-state index contributed by atoms with van der Waals surface area (Å²) in [5, 5.41) is 4.16. The van der Waals surface area contributed by atoms with Crippen molar-refractivity contribution in [3.63, 3.8) is 0 Å². The second-order valence-electron chi connectivity index (χ2n) is 3.80. The van der Waals surface area contributed by atoms with Crippen molar-refractivity contribution >= 4 is 11.6 Å². The molecule has 96 valence electrons. The molecule has 0 N–H and O–H groups in total. The number of benzene rings is 1. The van der Waals surface area contributed by atoms with Crippen LogP contribution in [0.3, 0.4) is 0 Å². The van der Waals surface area contributed by atoms with E-state index in [0.29, 0.717) is 5.88 Å². The lowest BCUT2D eigenvalue weighted by molar-refractivity contribution is 0.419. The third-order valence-corrected chi connectivity index (χ3v) is 2.80. The Labute approximate surface area is 108 Å². The van der Waals surface area contributed by atoms with Crippen LogP contribution >= 0.6 is 11.6 Å². The van der Waals surface area contributed by atoms with E-state index in [0.717, 1.165) is 23.4 Å². The maximum absolute atomic E-state index is 13.1. The Morgan fingerprint density at radius 3 is 2.67 bits per heavy atom. The van der Waals surface area contributed by atoms with Gasteiger partial charge in [0.05, 0.1) is 17.1 Å². The van der Waals surface area contributed by atoms with Gasteiger partial charge in [0.15, 0.2) is 11.6 Å². The van der Waals surface area contributed by atoms with Crippen LogP contribution in [0.1, 0.15) is 11.3 Å². The first-order chi connectivity index (χ1) is 8.52. The van der Waals surface area contributed by atoms with E-state index in [2.05, 4.69) is 5.10 Å². The van der Waals surface area contributed by atoms with E-state index < -0.39 is 11.6 Å². The molecule has 18 heavy (non-hydrogen) atoms. The number of aryl methyl sites for hydroxylation is 2. The standard InChI is InChI=1S/C12H11ClF2N2O/c1-7-9(6-13)12(17(2)16-7)18-8-3-4-10(14)11(15)5-8/h3-5H,6H2,1-2H3. The number of ether oxygens (including phenoxy) is 1. The summed E-state index contributed by atoms with van der Waals surface area (Å²) >= 11 is 5.81. The minimum atomic E-state index is -0.959. The van der Waals surface area contributed by atoms with E-state index in [4.69, 9.17) is 16.3 Å². The Bertz CT molecular complexity index is 584. The van der Waals surface area contributed by atoms with Crippen LogP contribution in [0, 0.1) is 18.6 Å². The van der Waals surface area contributed by atoms with Crippen molar-refractivity contribution < 1.29 is 13.5 Å². The summed E-state index contributed by atoms with van der Waals surface area (Å²) in [5.74, 6) is -1.02. The van der Waals surface area contributed by atoms with Crippen LogP contribution in [0.25, 0.3) is 0 Å². The number of nitrogens with zero attached hydrogens (tertiary/aromatic N) is 2. The van der Waals surface area contributed by atoms with Crippen LogP contribution in [-0.4, -0.2) is 9.78 Å². The van der Waals surface area contributed by atoms with Crippen LogP contribution < -0.4 is 4.74 Å². The Balaban J connectivity index is 2.36. The van der Waals surface area contributed by atoms with Crippen LogP contribution in [0.5, 0.6) is 11.6 Å². The van der Waals surface area contributed by atoms with Gasteiger partial charge in [-0.2, -0.15) is 5.10 Å². The quantitative estimate of drug-likeness (QED) is 0.799. The number of aromatic nitrogens is 2. The van der Waals surface area contributed by atoms with Crippen LogP contribution in [0.4, 0.5) is 8.78 Å². The molecule has 0 amide bonds. The molecule has 0 saturated carbocycles. The molecule has 0 spiro atoms. The number of halogens is 3. The molecule has 1 aromatic heterocycles. The van der Waals surface area contributed by atoms with E-state index in [1.54, 1.807) is 14.0 Å². The monoisotopic (exact) mass is 272 g/mol. The number of rotatable bonds is 3. The first kappa shape index (κ1) is 12.8. The average Bonchev–Trinajstić information content (AvgIpc) is 2.58. The fourth-order valence-corrected chi connectivity index (χ4v) is 1.92. The van der Waals surface area contributed by atoms with Gasteiger partial charge in [-0.1, -0.05) is 0 Å². The molecule has 2 aromatic rings. The summed E-state index contributed by atoms with van der Waals surface area (Å²) < 4.78 is 32.9. The van der Waals surface area contributed by atoms with E-state index >= 15 is 0 Å². The molecule has 0 radical (unpaired) electrons. The molecule has 0 aliphatic carbocycles. The van der Waals surface area contributed by atoms with Crippen molar-refractivity contribution in [1.29, 1.82) is 0 Å². The van der Waals surface area contributed by atoms with Gasteiger partial charge >= 0.3 is 0 Å². The number of alkyl halides is 1. The van der Waals surface area contributed by atoms with Crippen molar-refractivity contribution in [1.82, 2.24) is 9.78 Å². The average molecular weight is 273 g/mol. The van der Waals surface area contributed by atoms with Gasteiger partial charge in [0.25, 0.3) is 0 Å². The molecular weight excluding hydrogens is 262 g/mol. The molecule has 3 nitrogen and oxygen atoms in total. The van der Waals surface area contributed by atoms with Gasteiger partial charge in [0.2, 0.25) is 5.88 Å². The molecule has 0 aliphatic heterocycles. The lowest BCUT2D eigenvalue weighted by Crippen LogP contribution is -1.97. The van der Waals surface area contributed by atoms with Crippen molar-refractivity contribution in [2.24, 2.45) is 7.05 Å². The first-order valence-electron chi connectivity index (χ1n) is 5.24. The van der Waals surface area contributed by atoms with Crippen LogP contribution in [0.2, 0.25) is 0 Å². The second kappa shape index (κ2) is 4.94. The number of hydrogen-bond donors (Lipinski definition) is 0. The highest BCUT2D eigenvalue weighted by molar-refractivity contribution is 6.17. The molecule has 0 fully saturated rings. The highest BCUT2D eigenvalue weighted by Crippen LogP contribution is 2.29. The van der Waals surface area contributed by atoms with Gasteiger partial charge in [0, 0.05) is 13.1 Å². The van der Waals surface area contributed by atoms with Gasteiger partial charge in [-0.3, -0.25) is 0 Å². The molecule has 0 bridgehead atoms. The summed E-state index contributed by atoms with van der Waals surface area (Å²) in [6.45, 7) is 1.80. The summed E-state index contributed by atoms with van der Waals surface area (Å²) in [4.78, 5) is 0. The first-order valence-corrected chi connectivity index (χ1v) is 5.77. The normalized spacial score (nSPS) is 10.7. The van der Waals surface area contributed by atoms with Crippen molar-refractivity contribution in [3.05, 3.63) is 41.1 Å². The molecule has 6 heteroatoms. The minimum absolute atomic E-state index is 0.197. The largest absolute Gasteiger partial charge is 0.439 e. The lowest BCUT2D eigenvalue weighted by atomic mass is 10.3. The molecule has 0 saturated heterocycles. The van der Waals surface area contributed by atoms with Gasteiger partial charge < -0.3 is 4.74 Å². The van der Waals surface area contributed by atoms with E-state index in [1.165, 1.54) is 10.7 Å². The molecule has 2 rings (SSSR count). The van der Waals surface area contributed by atoms with E-state index in [9.17, 15) is 8.78 Å².